The fourth-order valence-corrected chi connectivity index (χ4v) is 8.12. The van der Waals surface area contributed by atoms with E-state index in [0.717, 1.165) is 64.2 Å². The van der Waals surface area contributed by atoms with Gasteiger partial charge < -0.3 is 40.3 Å². The first-order valence-corrected chi connectivity index (χ1v) is 25.8. The summed E-state index contributed by atoms with van der Waals surface area (Å²) >= 11 is 0. The van der Waals surface area contributed by atoms with Crippen LogP contribution in [-0.4, -0.2) is 107 Å². The zero-order valence-electron chi connectivity index (χ0n) is 38.5. The highest BCUT2D eigenvalue weighted by Crippen LogP contribution is 2.26. The van der Waals surface area contributed by atoms with Crippen molar-refractivity contribution in [2.45, 2.75) is 249 Å². The molecule has 1 saturated heterocycles. The maximum atomic E-state index is 13.1. The molecule has 13 nitrogen and oxygen atoms in total. The van der Waals surface area contributed by atoms with E-state index in [4.69, 9.17) is 9.47 Å². The van der Waals surface area contributed by atoms with Crippen molar-refractivity contribution in [3.63, 3.8) is 0 Å². The number of carbonyl (C=O) groups is 1. The minimum Gasteiger partial charge on any atom is -0.394 e. The lowest BCUT2D eigenvalue weighted by Crippen LogP contribution is -2.61. The minimum absolute atomic E-state index is 0.231. The number of hydrogen-bond donors (Lipinski definition) is 7. The number of carbonyl (C=O) groups excluding carboxylic acids is 1. The molecule has 0 aliphatic carbocycles. The van der Waals surface area contributed by atoms with E-state index < -0.39 is 78.5 Å². The van der Waals surface area contributed by atoms with Crippen LogP contribution in [0.4, 0.5) is 0 Å². The number of allylic oxidation sites excluding steroid dienone is 5. The van der Waals surface area contributed by atoms with Crippen LogP contribution in [0, 0.1) is 0 Å². The molecule has 8 unspecified atom stereocenters. The second-order valence-corrected chi connectivity index (χ2v) is 18.2. The summed E-state index contributed by atoms with van der Waals surface area (Å²) in [6, 6.07) is -1.12. The highest BCUT2D eigenvalue weighted by Gasteiger charge is 2.48. The SMILES string of the molecule is CCCCCCCCCCC/C=C\C/C=C\CCCCCCCCC(O)C(=O)NC(COC1OC(CO)C(O)C(OS(=O)(=O)O)C1O)C(O)/C=C/CCCCCCCCCCC. The predicted molar refractivity (Wildman–Crippen MR) is 247 cm³/mol. The molecule has 62 heavy (non-hydrogen) atoms. The second kappa shape index (κ2) is 38.5. The zero-order chi connectivity index (χ0) is 45.7. The van der Waals surface area contributed by atoms with Gasteiger partial charge in [0, 0.05) is 0 Å². The summed E-state index contributed by atoms with van der Waals surface area (Å²) in [7, 11) is -5.12. The van der Waals surface area contributed by atoms with Crippen LogP contribution in [0.15, 0.2) is 36.5 Å². The molecule has 1 aliphatic rings. The smallest absolute Gasteiger partial charge is 0.394 e. The van der Waals surface area contributed by atoms with E-state index in [1.807, 2.05) is 6.08 Å². The number of hydrogen-bond acceptors (Lipinski definition) is 11. The second-order valence-electron chi connectivity index (χ2n) is 17.2. The third kappa shape index (κ3) is 30.4. The zero-order valence-corrected chi connectivity index (χ0v) is 39.4. The summed E-state index contributed by atoms with van der Waals surface area (Å²) in [5.74, 6) is -0.712. The minimum atomic E-state index is -5.12. The largest absolute Gasteiger partial charge is 0.397 e. The van der Waals surface area contributed by atoms with Gasteiger partial charge >= 0.3 is 10.4 Å². The molecule has 14 heteroatoms. The molecule has 1 fully saturated rings. The van der Waals surface area contributed by atoms with Gasteiger partial charge in [0.1, 0.15) is 30.5 Å². The molecule has 0 saturated carbocycles. The lowest BCUT2D eigenvalue weighted by Gasteiger charge is -2.41. The summed E-state index contributed by atoms with van der Waals surface area (Å²) in [6.45, 7) is 3.19. The summed E-state index contributed by atoms with van der Waals surface area (Å²) in [5.41, 5.74) is 0. The van der Waals surface area contributed by atoms with Gasteiger partial charge in [-0.15, -0.1) is 0 Å². The van der Waals surface area contributed by atoms with Crippen LogP contribution in [0.3, 0.4) is 0 Å². The Hall–Kier alpha value is -1.72. The summed E-state index contributed by atoms with van der Waals surface area (Å²) < 4.78 is 47.5. The van der Waals surface area contributed by atoms with E-state index in [9.17, 15) is 43.3 Å². The Balaban J connectivity index is 2.49. The van der Waals surface area contributed by atoms with Crippen LogP contribution in [0.25, 0.3) is 0 Å². The topological polar surface area (TPSA) is 212 Å². The molecular weight excluding hydrogens is 815 g/mol. The van der Waals surface area contributed by atoms with Gasteiger partial charge in [0.2, 0.25) is 5.91 Å². The first kappa shape index (κ1) is 58.3. The Bertz CT molecular complexity index is 1260. The quantitative estimate of drug-likeness (QED) is 0.0174. The molecule has 0 aromatic carbocycles. The molecule has 0 radical (unpaired) electrons. The Morgan fingerprint density at radius 1 is 0.661 bits per heavy atom. The summed E-state index contributed by atoms with van der Waals surface area (Å²) in [5, 5.41) is 55.2. The van der Waals surface area contributed by atoms with Crippen molar-refractivity contribution in [3.05, 3.63) is 36.5 Å². The number of amides is 1. The molecule has 0 bridgehead atoms. The standard InChI is InChI=1S/C48H89NO12S/c1-3-5-7-9-11-13-15-16-17-18-19-20-21-22-23-24-25-27-29-31-33-35-37-42(52)47(55)49-40(41(51)36-34-32-30-28-26-14-12-10-8-6-4-2)39-59-48-45(54)46(61-62(56,57)58)44(53)43(38-50)60-48/h19-20,22-23,34,36,40-46,48,50-54H,3-18,21,24-33,35,37-39H2,1-2H3,(H,49,55)(H,56,57,58)/b20-19-,23-22-,36-34+. The number of rotatable bonds is 41. The normalized spacial score (nSPS) is 21.3. The Kier molecular flexibility index (Phi) is 36.2. The maximum absolute atomic E-state index is 13.1. The fraction of sp³-hybridized carbons (Fsp3) is 0.854. The summed E-state index contributed by atoms with van der Waals surface area (Å²) in [4.78, 5) is 13.1. The molecule has 1 amide bonds. The van der Waals surface area contributed by atoms with Crippen molar-refractivity contribution < 1.29 is 57.0 Å². The van der Waals surface area contributed by atoms with Crippen LogP contribution < -0.4 is 5.32 Å². The Morgan fingerprint density at radius 3 is 1.58 bits per heavy atom. The lowest BCUT2D eigenvalue weighted by atomic mass is 9.99. The van der Waals surface area contributed by atoms with Crippen LogP contribution in [-0.2, 0) is 28.9 Å². The van der Waals surface area contributed by atoms with Crippen molar-refractivity contribution in [3.8, 4) is 0 Å². The number of ether oxygens (including phenoxy) is 2. The van der Waals surface area contributed by atoms with Gasteiger partial charge in [0.15, 0.2) is 6.29 Å². The molecular formula is C48H89NO12S. The summed E-state index contributed by atoms with van der Waals surface area (Å²) in [6.07, 6.45) is 33.8. The number of unbranched alkanes of at least 4 members (excludes halogenated alkanes) is 24. The molecule has 1 rings (SSSR count). The van der Waals surface area contributed by atoms with Gasteiger partial charge in [-0.1, -0.05) is 185 Å². The van der Waals surface area contributed by atoms with Crippen LogP contribution in [0.1, 0.15) is 200 Å². The third-order valence-electron chi connectivity index (χ3n) is 11.5. The average Bonchev–Trinajstić information content (AvgIpc) is 3.24. The van der Waals surface area contributed by atoms with Crippen LogP contribution in [0.2, 0.25) is 0 Å². The van der Waals surface area contributed by atoms with Crippen LogP contribution >= 0.6 is 0 Å². The average molecular weight is 904 g/mol. The van der Waals surface area contributed by atoms with Crippen LogP contribution in [0.5, 0.6) is 0 Å². The monoisotopic (exact) mass is 904 g/mol. The highest BCUT2D eigenvalue weighted by molar-refractivity contribution is 7.80. The molecule has 1 aliphatic heterocycles. The lowest BCUT2D eigenvalue weighted by molar-refractivity contribution is -0.298. The predicted octanol–water partition coefficient (Wildman–Crippen LogP) is 8.86. The molecule has 0 spiro atoms. The number of aliphatic hydroxyl groups excluding tert-OH is 5. The van der Waals surface area contributed by atoms with Gasteiger partial charge in [-0.05, 0) is 51.4 Å². The van der Waals surface area contributed by atoms with Crippen molar-refractivity contribution in [1.29, 1.82) is 0 Å². The first-order chi connectivity index (χ1) is 29.9. The van der Waals surface area contributed by atoms with Gasteiger partial charge in [-0.2, -0.15) is 8.42 Å². The Labute approximate surface area is 376 Å². The van der Waals surface area contributed by atoms with E-state index >= 15 is 0 Å². The molecule has 364 valence electrons. The van der Waals surface area contributed by atoms with Crippen molar-refractivity contribution >= 4 is 16.3 Å². The molecule has 7 N–H and O–H groups in total. The van der Waals surface area contributed by atoms with Gasteiger partial charge in [-0.3, -0.25) is 9.35 Å². The number of nitrogens with one attached hydrogen (secondary N) is 1. The van der Waals surface area contributed by atoms with Crippen molar-refractivity contribution in [1.82, 2.24) is 5.32 Å². The van der Waals surface area contributed by atoms with Gasteiger partial charge in [0.25, 0.3) is 0 Å². The van der Waals surface area contributed by atoms with Crippen molar-refractivity contribution in [2.24, 2.45) is 0 Å². The molecule has 0 aromatic heterocycles. The maximum Gasteiger partial charge on any atom is 0.397 e. The fourth-order valence-electron chi connectivity index (χ4n) is 7.61. The molecule has 8 atom stereocenters. The molecule has 0 aromatic rings. The third-order valence-corrected chi connectivity index (χ3v) is 12.0. The van der Waals surface area contributed by atoms with E-state index in [0.29, 0.717) is 12.8 Å². The molecule has 1 heterocycles. The van der Waals surface area contributed by atoms with E-state index in [-0.39, 0.29) is 6.42 Å². The van der Waals surface area contributed by atoms with E-state index in [1.54, 1.807) is 0 Å². The Morgan fingerprint density at radius 2 is 1.11 bits per heavy atom. The van der Waals surface area contributed by atoms with E-state index in [2.05, 4.69) is 47.7 Å². The number of aliphatic hydroxyl groups is 5. The van der Waals surface area contributed by atoms with E-state index in [1.165, 1.54) is 109 Å². The highest BCUT2D eigenvalue weighted by atomic mass is 32.3. The van der Waals surface area contributed by atoms with Crippen molar-refractivity contribution in [2.75, 3.05) is 13.2 Å². The van der Waals surface area contributed by atoms with Gasteiger partial charge in [-0.25, -0.2) is 4.18 Å². The van der Waals surface area contributed by atoms with Gasteiger partial charge in [0.05, 0.1) is 25.4 Å². The first-order valence-electron chi connectivity index (χ1n) is 24.5.